The van der Waals surface area contributed by atoms with E-state index in [1.54, 1.807) is 0 Å². The molecule has 1 aliphatic rings. The van der Waals surface area contributed by atoms with Crippen molar-refractivity contribution in [3.63, 3.8) is 0 Å². The van der Waals surface area contributed by atoms with Crippen molar-refractivity contribution < 1.29 is 0 Å². The lowest BCUT2D eigenvalue weighted by atomic mass is 10.0. The minimum atomic E-state index is 0.660. The molecule has 6 aromatic heterocycles. The Morgan fingerprint density at radius 1 is 0.175 bits per heavy atom. The van der Waals surface area contributed by atoms with Crippen molar-refractivity contribution in [3.05, 3.63) is 388 Å². The average molecular weight is 1450 g/mol. The number of hydrogen-bond acceptors (Lipinski definition) is 4. The fraction of sp³-hybridized carbons (Fsp3) is 0. The molecule has 0 saturated carbocycles. The zero-order chi connectivity index (χ0) is 74.6. The minimum absolute atomic E-state index is 0.660. The molecule has 0 bridgehead atoms. The van der Waals surface area contributed by atoms with Gasteiger partial charge in [0.15, 0.2) is 0 Å². The zero-order valence-corrected chi connectivity index (χ0v) is 61.5. The summed E-state index contributed by atoms with van der Waals surface area (Å²) < 4.78 is 9.30. The quantitative estimate of drug-likeness (QED) is 0.152. The van der Waals surface area contributed by atoms with Gasteiger partial charge >= 0.3 is 0 Å². The second-order valence-corrected chi connectivity index (χ2v) is 29.9. The number of para-hydroxylation sites is 6. The van der Waals surface area contributed by atoms with Gasteiger partial charge in [-0.05, 0) is 162 Å². The maximum absolute atomic E-state index is 5.48. The molecule has 0 fully saturated rings. The van der Waals surface area contributed by atoms with E-state index in [0.717, 1.165) is 77.6 Å². The number of aromatic nitrogens is 8. The third kappa shape index (κ3) is 9.65. The van der Waals surface area contributed by atoms with Gasteiger partial charge in [0.2, 0.25) is 11.9 Å². The summed E-state index contributed by atoms with van der Waals surface area (Å²) in [4.78, 5) is 21.4. The summed E-state index contributed by atoms with van der Waals surface area (Å²) in [6.45, 7) is 0. The maximum atomic E-state index is 5.48. The summed E-state index contributed by atoms with van der Waals surface area (Å²) in [6.07, 6.45) is 0. The van der Waals surface area contributed by atoms with Gasteiger partial charge in [-0.15, -0.1) is 0 Å². The molecule has 0 saturated heterocycles. The lowest BCUT2D eigenvalue weighted by Gasteiger charge is -2.14. The lowest BCUT2D eigenvalue weighted by molar-refractivity contribution is 1.01. The van der Waals surface area contributed by atoms with Gasteiger partial charge in [0.05, 0.1) is 72.2 Å². The van der Waals surface area contributed by atoms with Crippen molar-refractivity contribution in [2.45, 2.75) is 0 Å². The molecule has 8 nitrogen and oxygen atoms in total. The van der Waals surface area contributed by atoms with Gasteiger partial charge in [-0.2, -0.15) is 0 Å². The third-order valence-corrected chi connectivity index (χ3v) is 23.8. The Balaban J connectivity index is 0.000000132. The van der Waals surface area contributed by atoms with Gasteiger partial charge in [0.25, 0.3) is 0 Å². The maximum Gasteiger partial charge on any atom is 0.235 e. The van der Waals surface area contributed by atoms with Crippen LogP contribution in [0.25, 0.3) is 232 Å². The van der Waals surface area contributed by atoms with E-state index in [1.807, 2.05) is 0 Å². The van der Waals surface area contributed by atoms with Crippen molar-refractivity contribution in [1.29, 1.82) is 0 Å². The molecule has 1 aliphatic carbocycles. The van der Waals surface area contributed by atoms with Crippen LogP contribution in [0.2, 0.25) is 0 Å². The van der Waals surface area contributed by atoms with E-state index < -0.39 is 0 Å². The highest BCUT2D eigenvalue weighted by Gasteiger charge is 2.27. The Bertz CT molecular complexity index is 8130. The fourth-order valence-electron chi connectivity index (χ4n) is 18.7. The Hall–Kier alpha value is -15.4. The SMILES string of the molecule is c1ccc(-c2ccc(-c3ccc(-n4c5ccccc5c5cc(-c6nc(-n7c8ccccc8c8c9ccccc9ccc87)nc7ccccc67)ccc54)cc3)cc2)cc1.c1ccc2c(c1)-c1cccc3c(-n4c5ccccc5c5cc(-c6nc(-n7c8ccccc8c8c9ccccc9ccc87)nc7ccccc67)ccc54)ccc-2c13. The molecule has 0 spiro atoms. The molecular weight excluding hydrogens is 1390 g/mol. The number of fused-ring (bicyclic) bond motifs is 21. The predicted molar refractivity (Wildman–Crippen MR) is 475 cm³/mol. The number of nitrogens with zero attached hydrogens (tertiary/aromatic N) is 8. The first-order valence-electron chi connectivity index (χ1n) is 38.9. The zero-order valence-electron chi connectivity index (χ0n) is 61.5. The van der Waals surface area contributed by atoms with Crippen molar-refractivity contribution in [2.75, 3.05) is 0 Å². The molecule has 0 atom stereocenters. The second-order valence-electron chi connectivity index (χ2n) is 29.9. The molecule has 8 heteroatoms. The Morgan fingerprint density at radius 3 is 1.06 bits per heavy atom. The van der Waals surface area contributed by atoms with Crippen molar-refractivity contribution in [1.82, 2.24) is 38.2 Å². The molecule has 0 N–H and O–H groups in total. The van der Waals surface area contributed by atoms with E-state index in [9.17, 15) is 0 Å². The van der Waals surface area contributed by atoms with Crippen LogP contribution in [0.4, 0.5) is 0 Å². The highest BCUT2D eigenvalue weighted by atomic mass is 15.2. The lowest BCUT2D eigenvalue weighted by Crippen LogP contribution is -2.03. The standard InChI is InChI=1S/C54H34N4.C52H30N4/c1-2-12-35(13-3-1)36-22-24-37(25-23-36)38-26-30-41(31-27-38)57-48-20-10-7-16-43(48)46-34-40(29-32-50(46)57)53-44-17-6-9-19-47(44)55-54(56-53)58-49-21-11-8-18-45(49)52-42-15-5-4-14-39(42)28-33-51(52)58;1-2-13-33-31(12-1)24-28-48-50(33)41-18-7-10-23-45(41)56(48)52-53-43-21-8-5-17-39(43)51(54-52)32-25-27-47-42(30-32)36-16-6-9-22-44(36)55(47)46-29-26-38-35-15-4-3-14-34(35)37-19-11-20-40(46)49(37)38/h1-34H;1-30H. The monoisotopic (exact) mass is 1450 g/mol. The summed E-state index contributed by atoms with van der Waals surface area (Å²) in [7, 11) is 0. The largest absolute Gasteiger partial charge is 0.309 e. The highest BCUT2D eigenvalue weighted by molar-refractivity contribution is 6.24. The van der Waals surface area contributed by atoms with Gasteiger partial charge in [-0.3, -0.25) is 9.13 Å². The van der Waals surface area contributed by atoms with Crippen LogP contribution in [0, 0.1) is 0 Å². The normalized spacial score (nSPS) is 12.0. The van der Waals surface area contributed by atoms with Crippen LogP contribution >= 0.6 is 0 Å². The van der Waals surface area contributed by atoms with Gasteiger partial charge in [-0.1, -0.05) is 297 Å². The van der Waals surface area contributed by atoms with Gasteiger partial charge < -0.3 is 9.13 Å². The van der Waals surface area contributed by atoms with Crippen molar-refractivity contribution >= 4 is 141 Å². The molecular formula is C106H64N8. The van der Waals surface area contributed by atoms with E-state index in [0.29, 0.717) is 11.9 Å². The van der Waals surface area contributed by atoms with Crippen molar-refractivity contribution in [3.8, 4) is 90.3 Å². The average Bonchev–Trinajstić information content (AvgIpc) is 1.57. The van der Waals surface area contributed by atoms with E-state index in [2.05, 4.69) is 407 Å². The molecule has 25 rings (SSSR count). The van der Waals surface area contributed by atoms with E-state index in [4.69, 9.17) is 19.9 Å². The summed E-state index contributed by atoms with van der Waals surface area (Å²) >= 11 is 0. The third-order valence-electron chi connectivity index (χ3n) is 23.8. The molecule has 0 aliphatic heterocycles. The first-order valence-corrected chi connectivity index (χ1v) is 38.9. The second kappa shape index (κ2) is 25.1. The first-order chi connectivity index (χ1) is 56.6. The number of hydrogen-bond donors (Lipinski definition) is 0. The smallest absolute Gasteiger partial charge is 0.235 e. The Labute approximate surface area is 653 Å². The summed E-state index contributed by atoms with van der Waals surface area (Å²) in [6, 6.07) is 140. The first kappa shape index (κ1) is 63.5. The Morgan fingerprint density at radius 2 is 0.535 bits per heavy atom. The highest BCUT2D eigenvalue weighted by Crippen LogP contribution is 2.50. The van der Waals surface area contributed by atoms with Crippen LogP contribution in [0.5, 0.6) is 0 Å². The van der Waals surface area contributed by atoms with Crippen LogP contribution in [-0.2, 0) is 0 Å². The number of benzene rings is 18. The number of rotatable bonds is 8. The van der Waals surface area contributed by atoms with Gasteiger partial charge in [-0.25, -0.2) is 19.9 Å². The van der Waals surface area contributed by atoms with Crippen LogP contribution in [0.15, 0.2) is 388 Å². The molecule has 6 heterocycles. The van der Waals surface area contributed by atoms with E-state index in [1.165, 1.54) is 142 Å². The fourth-order valence-corrected chi connectivity index (χ4v) is 18.7. The predicted octanol–water partition coefficient (Wildman–Crippen LogP) is 27.4. The van der Waals surface area contributed by atoms with Crippen LogP contribution in [0.1, 0.15) is 0 Å². The van der Waals surface area contributed by atoms with E-state index in [-0.39, 0.29) is 0 Å². The minimum Gasteiger partial charge on any atom is -0.309 e. The molecule has 528 valence electrons. The summed E-state index contributed by atoms with van der Waals surface area (Å²) in [5.74, 6) is 1.32. The van der Waals surface area contributed by atoms with Crippen LogP contribution in [-0.4, -0.2) is 38.2 Å². The molecule has 0 radical (unpaired) electrons. The van der Waals surface area contributed by atoms with Crippen LogP contribution in [0.3, 0.4) is 0 Å². The molecule has 0 amide bonds. The van der Waals surface area contributed by atoms with E-state index >= 15 is 0 Å². The van der Waals surface area contributed by atoms with Gasteiger partial charge in [0.1, 0.15) is 0 Å². The molecule has 24 aromatic rings. The topological polar surface area (TPSA) is 71.3 Å². The molecule has 114 heavy (non-hydrogen) atoms. The van der Waals surface area contributed by atoms with Crippen LogP contribution < -0.4 is 0 Å². The summed E-state index contributed by atoms with van der Waals surface area (Å²) in [5, 5.41) is 19.1. The molecule has 0 unspecified atom stereocenters. The summed E-state index contributed by atoms with van der Waals surface area (Å²) in [5.41, 5.74) is 27.2. The Kier molecular flexibility index (Phi) is 14.0. The van der Waals surface area contributed by atoms with Crippen molar-refractivity contribution in [2.24, 2.45) is 0 Å². The van der Waals surface area contributed by atoms with Gasteiger partial charge in [0, 0.05) is 76.1 Å². The molecule has 18 aromatic carbocycles.